The van der Waals surface area contributed by atoms with Crippen LogP contribution in [0.4, 0.5) is 8.78 Å². The van der Waals surface area contributed by atoms with Crippen LogP contribution in [0, 0.1) is 25.5 Å². The number of benzene rings is 1. The van der Waals surface area contributed by atoms with E-state index in [2.05, 4.69) is 4.98 Å². The zero-order valence-electron chi connectivity index (χ0n) is 9.80. The number of halogens is 3. The Morgan fingerprint density at radius 3 is 2.33 bits per heavy atom. The Labute approximate surface area is 108 Å². The Kier molecular flexibility index (Phi) is 3.48. The molecule has 1 heterocycles. The second-order valence-corrected chi connectivity index (χ2v) is 4.29. The zero-order valence-corrected chi connectivity index (χ0v) is 10.6. The molecule has 0 atom stereocenters. The van der Waals surface area contributed by atoms with Crippen LogP contribution in [0.1, 0.15) is 11.1 Å². The molecule has 2 aromatic rings. The highest BCUT2D eigenvalue weighted by atomic mass is 35.5. The molecule has 0 aliphatic heterocycles. The fourth-order valence-corrected chi connectivity index (χ4v) is 1.60. The average molecular weight is 270 g/mol. The number of ether oxygens (including phenoxy) is 1. The van der Waals surface area contributed by atoms with E-state index in [0.29, 0.717) is 11.3 Å². The highest BCUT2D eigenvalue weighted by molar-refractivity contribution is 6.29. The molecule has 0 spiro atoms. The SMILES string of the molecule is Cc1cnc(Cl)cc1Oc1cc(F)c(F)cc1C. The maximum Gasteiger partial charge on any atom is 0.162 e. The van der Waals surface area contributed by atoms with Crippen molar-refractivity contribution in [2.45, 2.75) is 13.8 Å². The Morgan fingerprint density at radius 1 is 1.00 bits per heavy atom. The van der Waals surface area contributed by atoms with E-state index < -0.39 is 11.6 Å². The van der Waals surface area contributed by atoms with Gasteiger partial charge in [-0.2, -0.15) is 0 Å². The topological polar surface area (TPSA) is 22.1 Å². The molecule has 0 radical (unpaired) electrons. The van der Waals surface area contributed by atoms with E-state index in [1.807, 2.05) is 0 Å². The van der Waals surface area contributed by atoms with E-state index in [-0.39, 0.29) is 10.9 Å². The molecule has 0 unspecified atom stereocenters. The number of pyridine rings is 1. The summed E-state index contributed by atoms with van der Waals surface area (Å²) in [6, 6.07) is 3.62. The molecule has 0 aliphatic carbocycles. The lowest BCUT2D eigenvalue weighted by molar-refractivity contribution is 0.454. The van der Waals surface area contributed by atoms with Crippen LogP contribution in [0.2, 0.25) is 5.15 Å². The summed E-state index contributed by atoms with van der Waals surface area (Å²) in [7, 11) is 0. The monoisotopic (exact) mass is 269 g/mol. The van der Waals surface area contributed by atoms with Crippen LogP contribution >= 0.6 is 11.6 Å². The first-order chi connectivity index (χ1) is 8.47. The number of hydrogen-bond donors (Lipinski definition) is 0. The average Bonchev–Trinajstić information content (AvgIpc) is 2.30. The number of rotatable bonds is 2. The summed E-state index contributed by atoms with van der Waals surface area (Å²) in [5, 5.41) is 0.274. The third kappa shape index (κ3) is 2.59. The van der Waals surface area contributed by atoms with Gasteiger partial charge in [-0.1, -0.05) is 11.6 Å². The van der Waals surface area contributed by atoms with Gasteiger partial charge in [0.1, 0.15) is 16.7 Å². The summed E-state index contributed by atoms with van der Waals surface area (Å²) in [5.41, 5.74) is 1.25. The predicted octanol–water partition coefficient (Wildman–Crippen LogP) is 4.42. The maximum absolute atomic E-state index is 13.1. The number of aromatic nitrogens is 1. The van der Waals surface area contributed by atoms with Gasteiger partial charge in [-0.05, 0) is 25.5 Å². The van der Waals surface area contributed by atoms with E-state index in [1.165, 1.54) is 6.07 Å². The molecular weight excluding hydrogens is 260 g/mol. The third-order valence-corrected chi connectivity index (χ3v) is 2.66. The van der Waals surface area contributed by atoms with Gasteiger partial charge in [0.15, 0.2) is 11.6 Å². The molecule has 0 saturated carbocycles. The van der Waals surface area contributed by atoms with Gasteiger partial charge in [-0.25, -0.2) is 13.8 Å². The number of nitrogens with zero attached hydrogens (tertiary/aromatic N) is 1. The Morgan fingerprint density at radius 2 is 1.61 bits per heavy atom. The van der Waals surface area contributed by atoms with Crippen molar-refractivity contribution in [1.29, 1.82) is 0 Å². The van der Waals surface area contributed by atoms with Gasteiger partial charge in [-0.15, -0.1) is 0 Å². The highest BCUT2D eigenvalue weighted by Crippen LogP contribution is 2.30. The van der Waals surface area contributed by atoms with E-state index in [1.54, 1.807) is 20.0 Å². The van der Waals surface area contributed by atoms with E-state index in [9.17, 15) is 8.78 Å². The summed E-state index contributed by atoms with van der Waals surface area (Å²) in [4.78, 5) is 3.89. The van der Waals surface area contributed by atoms with Crippen molar-refractivity contribution in [2.24, 2.45) is 0 Å². The first-order valence-corrected chi connectivity index (χ1v) is 5.61. The lowest BCUT2D eigenvalue weighted by Gasteiger charge is -2.11. The van der Waals surface area contributed by atoms with E-state index in [0.717, 1.165) is 17.7 Å². The first kappa shape index (κ1) is 12.8. The van der Waals surface area contributed by atoms with Crippen molar-refractivity contribution >= 4 is 11.6 Å². The van der Waals surface area contributed by atoms with Gasteiger partial charge in [0, 0.05) is 23.9 Å². The number of aryl methyl sites for hydroxylation is 2. The zero-order chi connectivity index (χ0) is 13.3. The molecule has 0 N–H and O–H groups in total. The standard InChI is InChI=1S/C13H10ClF2NO/c1-7-3-9(15)10(16)4-11(7)18-12-5-13(14)17-6-8(12)2/h3-6H,1-2H3. The van der Waals surface area contributed by atoms with Gasteiger partial charge >= 0.3 is 0 Å². The molecule has 0 aliphatic rings. The van der Waals surface area contributed by atoms with Crippen molar-refractivity contribution in [3.63, 3.8) is 0 Å². The summed E-state index contributed by atoms with van der Waals surface area (Å²) < 4.78 is 31.7. The first-order valence-electron chi connectivity index (χ1n) is 5.23. The van der Waals surface area contributed by atoms with Gasteiger partial charge < -0.3 is 4.74 Å². The second-order valence-electron chi connectivity index (χ2n) is 3.91. The van der Waals surface area contributed by atoms with Gasteiger partial charge in [0.05, 0.1) is 0 Å². The molecule has 18 heavy (non-hydrogen) atoms. The molecule has 1 aromatic carbocycles. The minimum atomic E-state index is -0.951. The summed E-state index contributed by atoms with van der Waals surface area (Å²) >= 11 is 5.75. The molecule has 0 saturated heterocycles. The molecule has 0 amide bonds. The van der Waals surface area contributed by atoms with Crippen LogP contribution in [0.3, 0.4) is 0 Å². The molecule has 94 valence electrons. The lowest BCUT2D eigenvalue weighted by atomic mass is 10.2. The molecule has 5 heteroatoms. The molecule has 2 nitrogen and oxygen atoms in total. The largest absolute Gasteiger partial charge is 0.457 e. The summed E-state index contributed by atoms with van der Waals surface area (Å²) in [6.45, 7) is 3.42. The predicted molar refractivity (Wildman–Crippen MR) is 65.2 cm³/mol. The minimum absolute atomic E-state index is 0.249. The Bertz CT molecular complexity index is 602. The summed E-state index contributed by atoms with van der Waals surface area (Å²) in [6.07, 6.45) is 1.55. The highest BCUT2D eigenvalue weighted by Gasteiger charge is 2.10. The van der Waals surface area contributed by atoms with Crippen LogP contribution in [0.15, 0.2) is 24.4 Å². The molecule has 0 bridgehead atoms. The fraction of sp³-hybridized carbons (Fsp3) is 0.154. The van der Waals surface area contributed by atoms with Crippen LogP contribution in [0.5, 0.6) is 11.5 Å². The van der Waals surface area contributed by atoms with Crippen molar-refractivity contribution in [2.75, 3.05) is 0 Å². The van der Waals surface area contributed by atoms with Crippen molar-refractivity contribution in [3.05, 3.63) is 52.3 Å². The lowest BCUT2D eigenvalue weighted by Crippen LogP contribution is -1.94. The van der Waals surface area contributed by atoms with E-state index in [4.69, 9.17) is 16.3 Å². The molecule has 0 fully saturated rings. The normalized spacial score (nSPS) is 10.5. The van der Waals surface area contributed by atoms with Gasteiger partial charge in [0.2, 0.25) is 0 Å². The minimum Gasteiger partial charge on any atom is -0.457 e. The van der Waals surface area contributed by atoms with Crippen molar-refractivity contribution < 1.29 is 13.5 Å². The van der Waals surface area contributed by atoms with Crippen molar-refractivity contribution in [1.82, 2.24) is 4.98 Å². The van der Waals surface area contributed by atoms with Crippen molar-refractivity contribution in [3.8, 4) is 11.5 Å². The van der Waals surface area contributed by atoms with Gasteiger partial charge in [-0.3, -0.25) is 0 Å². The van der Waals surface area contributed by atoms with Crippen LogP contribution in [-0.2, 0) is 0 Å². The fourth-order valence-electron chi connectivity index (χ4n) is 1.45. The Hall–Kier alpha value is -1.68. The second kappa shape index (κ2) is 4.90. The summed E-state index contributed by atoms with van der Waals surface area (Å²) in [5.74, 6) is -1.14. The van der Waals surface area contributed by atoms with Gasteiger partial charge in [0.25, 0.3) is 0 Å². The maximum atomic E-state index is 13.1. The number of hydrogen-bond acceptors (Lipinski definition) is 2. The Balaban J connectivity index is 2.40. The molecule has 2 rings (SSSR count). The van der Waals surface area contributed by atoms with Crippen LogP contribution in [0.25, 0.3) is 0 Å². The van der Waals surface area contributed by atoms with Crippen LogP contribution in [-0.4, -0.2) is 4.98 Å². The smallest absolute Gasteiger partial charge is 0.162 e. The quantitative estimate of drug-likeness (QED) is 0.753. The molecule has 1 aromatic heterocycles. The third-order valence-electron chi connectivity index (χ3n) is 2.46. The van der Waals surface area contributed by atoms with E-state index >= 15 is 0 Å². The van der Waals surface area contributed by atoms with Crippen LogP contribution < -0.4 is 4.74 Å². The molecular formula is C13H10ClF2NO.